The second-order valence-corrected chi connectivity index (χ2v) is 5.87. The topological polar surface area (TPSA) is 57.6 Å². The molecule has 116 valence electrons. The third-order valence-corrected chi connectivity index (χ3v) is 3.38. The predicted octanol–water partition coefficient (Wildman–Crippen LogP) is 2.75. The van der Waals surface area contributed by atoms with Crippen LogP contribution in [-0.2, 0) is 22.4 Å². The van der Waals surface area contributed by atoms with Crippen LogP contribution in [0.2, 0.25) is 0 Å². The van der Waals surface area contributed by atoms with Gasteiger partial charge in [-0.2, -0.15) is 0 Å². The predicted molar refractivity (Wildman–Crippen MR) is 83.2 cm³/mol. The van der Waals surface area contributed by atoms with Crippen LogP contribution in [0.3, 0.4) is 0 Å². The van der Waals surface area contributed by atoms with Crippen LogP contribution in [-0.4, -0.2) is 35.5 Å². The Hall–Kier alpha value is -1.84. The average molecular weight is 291 g/mol. The molecule has 1 aromatic carbocycles. The summed E-state index contributed by atoms with van der Waals surface area (Å²) in [6.45, 7) is 4.65. The summed E-state index contributed by atoms with van der Waals surface area (Å²) in [4.78, 5) is 23.8. The molecular formula is C17H25NO3. The van der Waals surface area contributed by atoms with Gasteiger partial charge in [0, 0.05) is 20.0 Å². The minimum absolute atomic E-state index is 0.00780. The summed E-state index contributed by atoms with van der Waals surface area (Å²) in [5.74, 6) is -0.252. The minimum Gasteiger partial charge on any atom is -0.481 e. The van der Waals surface area contributed by atoms with E-state index in [1.165, 1.54) is 10.5 Å². The third kappa shape index (κ3) is 6.93. The number of nitrogens with zero attached hydrogens (tertiary/aromatic N) is 1. The quantitative estimate of drug-likeness (QED) is 0.801. The van der Waals surface area contributed by atoms with Crippen LogP contribution in [0.5, 0.6) is 0 Å². The van der Waals surface area contributed by atoms with E-state index in [1.54, 1.807) is 7.05 Å². The van der Waals surface area contributed by atoms with Crippen LogP contribution in [0.4, 0.5) is 0 Å². The van der Waals surface area contributed by atoms with E-state index in [4.69, 9.17) is 5.11 Å². The number of benzene rings is 1. The summed E-state index contributed by atoms with van der Waals surface area (Å²) in [6, 6.07) is 8.38. The van der Waals surface area contributed by atoms with Crippen molar-refractivity contribution in [3.63, 3.8) is 0 Å². The van der Waals surface area contributed by atoms with Crippen molar-refractivity contribution in [3.05, 3.63) is 35.4 Å². The van der Waals surface area contributed by atoms with Crippen LogP contribution in [0.15, 0.2) is 24.3 Å². The third-order valence-electron chi connectivity index (χ3n) is 3.38. The Kier molecular flexibility index (Phi) is 6.92. The minimum atomic E-state index is -0.879. The molecule has 0 saturated heterocycles. The molecule has 1 N–H and O–H groups in total. The lowest BCUT2D eigenvalue weighted by Crippen LogP contribution is -2.29. The second kappa shape index (κ2) is 8.45. The van der Waals surface area contributed by atoms with E-state index in [0.717, 1.165) is 12.0 Å². The molecule has 0 saturated carbocycles. The van der Waals surface area contributed by atoms with Crippen LogP contribution in [0, 0.1) is 5.92 Å². The van der Waals surface area contributed by atoms with Crippen LogP contribution in [0.25, 0.3) is 0 Å². The molecule has 0 radical (unpaired) electrons. The number of carboxylic acids is 1. The first kappa shape index (κ1) is 17.2. The van der Waals surface area contributed by atoms with Crippen molar-refractivity contribution in [2.75, 3.05) is 13.6 Å². The van der Waals surface area contributed by atoms with E-state index in [9.17, 15) is 9.59 Å². The van der Waals surface area contributed by atoms with Gasteiger partial charge in [0.05, 0.1) is 6.42 Å². The highest BCUT2D eigenvalue weighted by Crippen LogP contribution is 2.11. The lowest BCUT2D eigenvalue weighted by molar-refractivity contribution is -0.138. The molecule has 0 heterocycles. The maximum absolute atomic E-state index is 11.9. The number of rotatable bonds is 8. The van der Waals surface area contributed by atoms with Gasteiger partial charge >= 0.3 is 5.97 Å². The van der Waals surface area contributed by atoms with E-state index < -0.39 is 5.97 Å². The molecular weight excluding hydrogens is 266 g/mol. The number of hydrogen-bond donors (Lipinski definition) is 1. The Labute approximate surface area is 126 Å². The zero-order valence-corrected chi connectivity index (χ0v) is 13.1. The van der Waals surface area contributed by atoms with Gasteiger partial charge in [-0.05, 0) is 29.9 Å². The SMILES string of the molecule is CC(C)Cc1ccc(CCC(=O)N(C)CCC(=O)O)cc1. The number of carboxylic acid groups (broad SMARTS) is 1. The fourth-order valence-electron chi connectivity index (χ4n) is 2.14. The highest BCUT2D eigenvalue weighted by atomic mass is 16.4. The lowest BCUT2D eigenvalue weighted by Gasteiger charge is -2.16. The van der Waals surface area contributed by atoms with Gasteiger partial charge in [-0.15, -0.1) is 0 Å². The molecule has 0 aromatic heterocycles. The van der Waals surface area contributed by atoms with E-state index in [2.05, 4.69) is 38.1 Å². The molecule has 0 aliphatic rings. The number of carbonyl (C=O) groups excluding carboxylic acids is 1. The van der Waals surface area contributed by atoms with Gasteiger partial charge in [-0.1, -0.05) is 38.1 Å². The van der Waals surface area contributed by atoms with Gasteiger partial charge in [-0.25, -0.2) is 0 Å². The van der Waals surface area contributed by atoms with Crippen LogP contribution in [0.1, 0.15) is 37.8 Å². The molecule has 0 aliphatic heterocycles. The Morgan fingerprint density at radius 1 is 1.10 bits per heavy atom. The molecule has 1 rings (SSSR count). The first-order valence-corrected chi connectivity index (χ1v) is 7.42. The Morgan fingerprint density at radius 2 is 1.67 bits per heavy atom. The van der Waals surface area contributed by atoms with E-state index in [-0.39, 0.29) is 18.9 Å². The normalized spacial score (nSPS) is 10.7. The van der Waals surface area contributed by atoms with Crippen molar-refractivity contribution in [1.29, 1.82) is 0 Å². The molecule has 0 bridgehead atoms. The first-order valence-electron chi connectivity index (χ1n) is 7.42. The first-order chi connectivity index (χ1) is 9.88. The summed E-state index contributed by atoms with van der Waals surface area (Å²) < 4.78 is 0. The standard InChI is InChI=1S/C17H25NO3/c1-13(2)12-15-6-4-14(5-7-15)8-9-16(19)18(3)11-10-17(20)21/h4-7,13H,8-12H2,1-3H3,(H,20,21). The lowest BCUT2D eigenvalue weighted by atomic mass is 10.0. The number of aryl methyl sites for hydroxylation is 1. The second-order valence-electron chi connectivity index (χ2n) is 5.87. The molecule has 4 nitrogen and oxygen atoms in total. The smallest absolute Gasteiger partial charge is 0.305 e. The Bertz CT molecular complexity index is 465. The van der Waals surface area contributed by atoms with Crippen molar-refractivity contribution < 1.29 is 14.7 Å². The highest BCUT2D eigenvalue weighted by Gasteiger charge is 2.10. The van der Waals surface area contributed by atoms with Crippen molar-refractivity contribution in [1.82, 2.24) is 4.90 Å². The van der Waals surface area contributed by atoms with Crippen LogP contribution >= 0.6 is 0 Å². The number of hydrogen-bond acceptors (Lipinski definition) is 2. The molecule has 0 aliphatic carbocycles. The van der Waals surface area contributed by atoms with E-state index in [1.807, 2.05) is 0 Å². The summed E-state index contributed by atoms with van der Waals surface area (Å²) in [6.07, 6.45) is 2.17. The van der Waals surface area contributed by atoms with Gasteiger partial charge in [0.2, 0.25) is 5.91 Å². The fraction of sp³-hybridized carbons (Fsp3) is 0.529. The molecule has 0 fully saturated rings. The van der Waals surface area contributed by atoms with Gasteiger partial charge in [-0.3, -0.25) is 9.59 Å². The zero-order valence-electron chi connectivity index (χ0n) is 13.1. The van der Waals surface area contributed by atoms with Crippen molar-refractivity contribution in [2.24, 2.45) is 5.92 Å². The summed E-state index contributed by atoms with van der Waals surface area (Å²) in [5, 5.41) is 8.60. The van der Waals surface area contributed by atoms with Gasteiger partial charge in [0.1, 0.15) is 0 Å². The maximum atomic E-state index is 11.9. The van der Waals surface area contributed by atoms with Gasteiger partial charge in [0.25, 0.3) is 0 Å². The molecule has 0 spiro atoms. The summed E-state index contributed by atoms with van der Waals surface area (Å²) in [5.41, 5.74) is 2.46. The van der Waals surface area contributed by atoms with Crippen molar-refractivity contribution in [3.8, 4) is 0 Å². The largest absolute Gasteiger partial charge is 0.481 e. The highest BCUT2D eigenvalue weighted by molar-refractivity contribution is 5.77. The average Bonchev–Trinajstić information content (AvgIpc) is 2.43. The maximum Gasteiger partial charge on any atom is 0.305 e. The molecule has 4 heteroatoms. The number of carbonyl (C=O) groups is 2. The van der Waals surface area contributed by atoms with Crippen LogP contribution < -0.4 is 0 Å². The number of amides is 1. The van der Waals surface area contributed by atoms with E-state index >= 15 is 0 Å². The Morgan fingerprint density at radius 3 is 2.19 bits per heavy atom. The van der Waals surface area contributed by atoms with Crippen molar-refractivity contribution >= 4 is 11.9 Å². The van der Waals surface area contributed by atoms with Crippen molar-refractivity contribution in [2.45, 2.75) is 39.5 Å². The molecule has 1 amide bonds. The fourth-order valence-corrected chi connectivity index (χ4v) is 2.14. The monoisotopic (exact) mass is 291 g/mol. The summed E-state index contributed by atoms with van der Waals surface area (Å²) in [7, 11) is 1.65. The molecule has 21 heavy (non-hydrogen) atoms. The Balaban J connectivity index is 2.40. The summed E-state index contributed by atoms with van der Waals surface area (Å²) >= 11 is 0. The zero-order chi connectivity index (χ0) is 15.8. The van der Waals surface area contributed by atoms with E-state index in [0.29, 0.717) is 18.8 Å². The molecule has 1 aromatic rings. The molecule has 0 unspecified atom stereocenters. The van der Waals surface area contributed by atoms with Gasteiger partial charge < -0.3 is 10.0 Å². The number of aliphatic carboxylic acids is 1. The molecule has 0 atom stereocenters. The van der Waals surface area contributed by atoms with Gasteiger partial charge in [0.15, 0.2) is 0 Å².